The second kappa shape index (κ2) is 6.53. The molecule has 0 aromatic heterocycles. The van der Waals surface area contributed by atoms with Crippen molar-refractivity contribution < 1.29 is 9.47 Å². The van der Waals surface area contributed by atoms with Crippen LogP contribution in [0, 0.1) is 6.92 Å². The molecule has 0 atom stereocenters. The SMILES string of the molecule is COc1cc(CNc2cc(Cl)ccc2C)cc(OC)c1. The van der Waals surface area contributed by atoms with Crippen LogP contribution in [-0.4, -0.2) is 14.2 Å². The molecule has 20 heavy (non-hydrogen) atoms. The van der Waals surface area contributed by atoms with Crippen molar-refractivity contribution in [1.82, 2.24) is 0 Å². The zero-order valence-corrected chi connectivity index (χ0v) is 12.6. The normalized spacial score (nSPS) is 10.2. The number of aryl methyl sites for hydroxylation is 1. The maximum atomic E-state index is 6.01. The van der Waals surface area contributed by atoms with Crippen LogP contribution in [0.1, 0.15) is 11.1 Å². The molecule has 3 nitrogen and oxygen atoms in total. The highest BCUT2D eigenvalue weighted by Gasteiger charge is 2.03. The van der Waals surface area contributed by atoms with Crippen molar-refractivity contribution in [2.24, 2.45) is 0 Å². The molecule has 106 valence electrons. The van der Waals surface area contributed by atoms with Gasteiger partial charge in [0.1, 0.15) is 11.5 Å². The Bertz CT molecular complexity index is 577. The van der Waals surface area contributed by atoms with E-state index in [0.717, 1.165) is 33.3 Å². The minimum absolute atomic E-state index is 0.675. The van der Waals surface area contributed by atoms with Gasteiger partial charge in [-0.25, -0.2) is 0 Å². The summed E-state index contributed by atoms with van der Waals surface area (Å²) in [6.45, 7) is 2.72. The Labute approximate surface area is 124 Å². The van der Waals surface area contributed by atoms with Gasteiger partial charge >= 0.3 is 0 Å². The van der Waals surface area contributed by atoms with Crippen LogP contribution in [0.15, 0.2) is 36.4 Å². The third-order valence-corrected chi connectivity index (χ3v) is 3.33. The number of nitrogens with one attached hydrogen (secondary N) is 1. The van der Waals surface area contributed by atoms with E-state index in [1.807, 2.05) is 43.3 Å². The number of hydrogen-bond donors (Lipinski definition) is 1. The van der Waals surface area contributed by atoms with Gasteiger partial charge in [0.2, 0.25) is 0 Å². The predicted octanol–water partition coefficient (Wildman–Crippen LogP) is 4.28. The standard InChI is InChI=1S/C16H18ClNO2/c1-11-4-5-13(17)8-16(11)18-10-12-6-14(19-2)9-15(7-12)20-3/h4-9,18H,10H2,1-3H3. The Morgan fingerprint density at radius 2 is 1.65 bits per heavy atom. The molecule has 0 unspecified atom stereocenters. The fourth-order valence-corrected chi connectivity index (χ4v) is 2.12. The summed E-state index contributed by atoms with van der Waals surface area (Å²) in [6, 6.07) is 11.6. The summed E-state index contributed by atoms with van der Waals surface area (Å²) in [6.07, 6.45) is 0. The fraction of sp³-hybridized carbons (Fsp3) is 0.250. The summed E-state index contributed by atoms with van der Waals surface area (Å²) in [5.41, 5.74) is 3.27. The molecule has 2 rings (SSSR count). The molecule has 0 heterocycles. The van der Waals surface area contributed by atoms with Gasteiger partial charge in [-0.15, -0.1) is 0 Å². The highest BCUT2D eigenvalue weighted by atomic mass is 35.5. The molecule has 0 amide bonds. The minimum atomic E-state index is 0.675. The Morgan fingerprint density at radius 1 is 1.00 bits per heavy atom. The lowest BCUT2D eigenvalue weighted by molar-refractivity contribution is 0.393. The average Bonchev–Trinajstić information content (AvgIpc) is 2.47. The average molecular weight is 292 g/mol. The molecule has 4 heteroatoms. The molecule has 0 spiro atoms. The molecule has 0 saturated heterocycles. The van der Waals surface area contributed by atoms with Crippen LogP contribution in [-0.2, 0) is 6.54 Å². The Balaban J connectivity index is 2.16. The first kappa shape index (κ1) is 14.5. The molecule has 2 aromatic rings. The molecule has 2 aromatic carbocycles. The third-order valence-electron chi connectivity index (χ3n) is 3.09. The molecule has 0 aliphatic heterocycles. The number of methoxy groups -OCH3 is 2. The molecule has 0 radical (unpaired) electrons. The van der Waals surface area contributed by atoms with Crippen molar-refractivity contribution in [3.63, 3.8) is 0 Å². The van der Waals surface area contributed by atoms with Crippen LogP contribution in [0.25, 0.3) is 0 Å². The van der Waals surface area contributed by atoms with Gasteiger partial charge in [-0.1, -0.05) is 17.7 Å². The predicted molar refractivity (Wildman–Crippen MR) is 83.1 cm³/mol. The lowest BCUT2D eigenvalue weighted by atomic mass is 10.1. The first-order valence-electron chi connectivity index (χ1n) is 6.34. The highest BCUT2D eigenvalue weighted by molar-refractivity contribution is 6.30. The van der Waals surface area contributed by atoms with Gasteiger partial charge in [0.05, 0.1) is 14.2 Å². The summed E-state index contributed by atoms with van der Waals surface area (Å²) in [4.78, 5) is 0. The monoisotopic (exact) mass is 291 g/mol. The van der Waals surface area contributed by atoms with Gasteiger partial charge in [0.15, 0.2) is 0 Å². The van der Waals surface area contributed by atoms with E-state index in [0.29, 0.717) is 6.54 Å². The summed E-state index contributed by atoms with van der Waals surface area (Å²) in [5.74, 6) is 1.56. The smallest absolute Gasteiger partial charge is 0.122 e. The lowest BCUT2D eigenvalue weighted by Gasteiger charge is -2.12. The van der Waals surface area contributed by atoms with E-state index in [4.69, 9.17) is 21.1 Å². The maximum Gasteiger partial charge on any atom is 0.122 e. The summed E-state index contributed by atoms with van der Waals surface area (Å²) in [5, 5.41) is 4.10. The van der Waals surface area contributed by atoms with Crippen LogP contribution in [0.2, 0.25) is 5.02 Å². The van der Waals surface area contributed by atoms with Crippen molar-refractivity contribution in [1.29, 1.82) is 0 Å². The molecular formula is C16H18ClNO2. The number of hydrogen-bond acceptors (Lipinski definition) is 3. The zero-order chi connectivity index (χ0) is 14.5. The highest BCUT2D eigenvalue weighted by Crippen LogP contribution is 2.25. The molecule has 0 aliphatic rings. The molecule has 1 N–H and O–H groups in total. The number of rotatable bonds is 5. The lowest BCUT2D eigenvalue weighted by Crippen LogP contribution is -2.02. The fourth-order valence-electron chi connectivity index (χ4n) is 1.95. The first-order valence-corrected chi connectivity index (χ1v) is 6.72. The molecule has 0 bridgehead atoms. The summed E-state index contributed by atoms with van der Waals surface area (Å²) >= 11 is 6.01. The minimum Gasteiger partial charge on any atom is -0.497 e. The Morgan fingerprint density at radius 3 is 2.25 bits per heavy atom. The van der Waals surface area contributed by atoms with Crippen LogP contribution >= 0.6 is 11.6 Å². The number of benzene rings is 2. The number of halogens is 1. The van der Waals surface area contributed by atoms with Gasteiger partial charge in [0.25, 0.3) is 0 Å². The molecule has 0 saturated carbocycles. The van der Waals surface area contributed by atoms with E-state index < -0.39 is 0 Å². The van der Waals surface area contributed by atoms with E-state index in [1.165, 1.54) is 0 Å². The largest absolute Gasteiger partial charge is 0.497 e. The molecular weight excluding hydrogens is 274 g/mol. The van der Waals surface area contributed by atoms with Crippen LogP contribution in [0.3, 0.4) is 0 Å². The van der Waals surface area contributed by atoms with Gasteiger partial charge in [-0.05, 0) is 42.3 Å². The Kier molecular flexibility index (Phi) is 4.74. The first-order chi connectivity index (χ1) is 9.62. The van der Waals surface area contributed by atoms with Crippen molar-refractivity contribution >= 4 is 17.3 Å². The van der Waals surface area contributed by atoms with Crippen LogP contribution in [0.5, 0.6) is 11.5 Å². The topological polar surface area (TPSA) is 30.5 Å². The number of ether oxygens (including phenoxy) is 2. The van der Waals surface area contributed by atoms with Gasteiger partial charge < -0.3 is 14.8 Å². The van der Waals surface area contributed by atoms with Gasteiger partial charge in [0, 0.05) is 23.3 Å². The van der Waals surface area contributed by atoms with Crippen molar-refractivity contribution in [2.45, 2.75) is 13.5 Å². The zero-order valence-electron chi connectivity index (χ0n) is 11.9. The van der Waals surface area contributed by atoms with E-state index in [9.17, 15) is 0 Å². The summed E-state index contributed by atoms with van der Waals surface area (Å²) in [7, 11) is 3.29. The second-order valence-electron chi connectivity index (χ2n) is 4.53. The van der Waals surface area contributed by atoms with E-state index in [1.54, 1.807) is 14.2 Å². The molecule has 0 fully saturated rings. The molecule has 0 aliphatic carbocycles. The quantitative estimate of drug-likeness (QED) is 0.892. The van der Waals surface area contributed by atoms with Crippen molar-refractivity contribution in [3.05, 3.63) is 52.5 Å². The maximum absolute atomic E-state index is 6.01. The van der Waals surface area contributed by atoms with E-state index in [-0.39, 0.29) is 0 Å². The second-order valence-corrected chi connectivity index (χ2v) is 4.97. The van der Waals surface area contributed by atoms with Crippen molar-refractivity contribution in [3.8, 4) is 11.5 Å². The van der Waals surface area contributed by atoms with Crippen molar-refractivity contribution in [2.75, 3.05) is 19.5 Å². The van der Waals surface area contributed by atoms with Gasteiger partial charge in [-0.2, -0.15) is 0 Å². The number of anilines is 1. The van der Waals surface area contributed by atoms with Crippen LogP contribution < -0.4 is 14.8 Å². The third kappa shape index (κ3) is 3.58. The summed E-state index contributed by atoms with van der Waals surface area (Å²) < 4.78 is 10.5. The Hall–Kier alpha value is -1.87. The van der Waals surface area contributed by atoms with Gasteiger partial charge in [-0.3, -0.25) is 0 Å². The van der Waals surface area contributed by atoms with E-state index in [2.05, 4.69) is 5.32 Å². The van der Waals surface area contributed by atoms with Crippen LogP contribution in [0.4, 0.5) is 5.69 Å². The van der Waals surface area contributed by atoms with E-state index >= 15 is 0 Å².